The first-order valence-corrected chi connectivity index (χ1v) is 9.97. The molecule has 4 rings (SSSR count). The summed E-state index contributed by atoms with van der Waals surface area (Å²) >= 11 is 0. The van der Waals surface area contributed by atoms with Crippen molar-refractivity contribution in [2.24, 2.45) is 7.05 Å². The molecule has 0 aliphatic carbocycles. The van der Waals surface area contributed by atoms with Crippen LogP contribution < -0.4 is 5.32 Å². The van der Waals surface area contributed by atoms with Crippen molar-refractivity contribution in [3.05, 3.63) is 78.6 Å². The topological polar surface area (TPSA) is 37.3 Å². The van der Waals surface area contributed by atoms with Crippen LogP contribution in [0, 0.1) is 0 Å². The third kappa shape index (κ3) is 3.60. The van der Waals surface area contributed by atoms with E-state index in [9.17, 15) is 4.79 Å². The van der Waals surface area contributed by atoms with Crippen molar-refractivity contribution in [2.45, 2.75) is 31.8 Å². The number of anilines is 1. The minimum absolute atomic E-state index is 0.0458. The van der Waals surface area contributed by atoms with E-state index in [-0.39, 0.29) is 11.9 Å². The Kier molecular flexibility index (Phi) is 5.31. The number of hydrogen-bond acceptors (Lipinski definition) is 2. The number of carbonyl (C=O) groups is 1. The summed E-state index contributed by atoms with van der Waals surface area (Å²) in [7, 11) is 2.08. The molecule has 3 aromatic rings. The van der Waals surface area contributed by atoms with Crippen LogP contribution in [0.1, 0.15) is 31.5 Å². The van der Waals surface area contributed by atoms with E-state index in [0.29, 0.717) is 6.04 Å². The second kappa shape index (κ2) is 8.03. The average molecular weight is 374 g/mol. The number of rotatable bonds is 5. The minimum atomic E-state index is -0.189. The summed E-state index contributed by atoms with van der Waals surface area (Å²) in [5.41, 5.74) is 4.29. The van der Waals surface area contributed by atoms with Crippen LogP contribution in [0.4, 0.5) is 5.69 Å². The fourth-order valence-corrected chi connectivity index (χ4v) is 4.24. The molecule has 2 aromatic carbocycles. The van der Waals surface area contributed by atoms with E-state index in [1.807, 2.05) is 43.3 Å². The Bertz CT molecular complexity index is 947. The monoisotopic (exact) mass is 373 g/mol. The highest BCUT2D eigenvalue weighted by molar-refractivity contribution is 5.98. The predicted molar refractivity (Wildman–Crippen MR) is 114 cm³/mol. The number of nitrogens with one attached hydrogen (secondary N) is 1. The van der Waals surface area contributed by atoms with Gasteiger partial charge in [-0.05, 0) is 50.1 Å². The maximum Gasteiger partial charge on any atom is 0.241 e. The van der Waals surface area contributed by atoms with Crippen LogP contribution >= 0.6 is 0 Å². The van der Waals surface area contributed by atoms with Crippen LogP contribution in [0.15, 0.2) is 72.9 Å². The molecule has 1 aliphatic rings. The zero-order valence-corrected chi connectivity index (χ0v) is 16.5. The summed E-state index contributed by atoms with van der Waals surface area (Å²) in [5, 5.41) is 3.18. The fourth-order valence-electron chi connectivity index (χ4n) is 4.24. The standard InChI is InChI=1S/C24H27N3O/c1-18(27-17-9-15-23(27)22-14-8-16-26(22)2)24(28)25-21-13-7-6-12-20(21)19-10-4-3-5-11-19/h3-8,10-14,16,18,23H,9,15,17H2,1-2H3,(H,25,28)/t18-,23-/m0/s1. The molecule has 0 bridgehead atoms. The molecule has 4 heteroatoms. The largest absolute Gasteiger partial charge is 0.353 e. The van der Waals surface area contributed by atoms with Crippen molar-refractivity contribution in [3.8, 4) is 11.1 Å². The molecule has 1 fully saturated rings. The fraction of sp³-hybridized carbons (Fsp3) is 0.292. The normalized spacial score (nSPS) is 18.1. The third-order valence-corrected chi connectivity index (χ3v) is 5.77. The van der Waals surface area contributed by atoms with Crippen LogP contribution in [0.25, 0.3) is 11.1 Å². The Morgan fingerprint density at radius 2 is 1.79 bits per heavy atom. The van der Waals surface area contributed by atoms with E-state index in [1.54, 1.807) is 0 Å². The lowest BCUT2D eigenvalue weighted by molar-refractivity contribution is -0.121. The number of benzene rings is 2. The molecule has 2 heterocycles. The molecule has 0 unspecified atom stereocenters. The number of carbonyl (C=O) groups excluding carboxylic acids is 1. The van der Waals surface area contributed by atoms with Gasteiger partial charge < -0.3 is 9.88 Å². The SMILES string of the molecule is C[C@@H](C(=O)Nc1ccccc1-c1ccccc1)N1CCC[C@H]1c1cccn1C. The van der Waals surface area contributed by atoms with Gasteiger partial charge in [0, 0.05) is 30.2 Å². The first-order valence-electron chi connectivity index (χ1n) is 9.97. The molecule has 1 amide bonds. The van der Waals surface area contributed by atoms with Gasteiger partial charge in [0.1, 0.15) is 0 Å². The van der Waals surface area contributed by atoms with E-state index in [4.69, 9.17) is 0 Å². The number of likely N-dealkylation sites (tertiary alicyclic amines) is 1. The Morgan fingerprint density at radius 3 is 2.54 bits per heavy atom. The number of amides is 1. The first kappa shape index (κ1) is 18.5. The zero-order chi connectivity index (χ0) is 19.5. The summed E-state index contributed by atoms with van der Waals surface area (Å²) in [6.45, 7) is 2.96. The highest BCUT2D eigenvalue weighted by Gasteiger charge is 2.34. The van der Waals surface area contributed by atoms with E-state index >= 15 is 0 Å². The van der Waals surface area contributed by atoms with Crippen molar-refractivity contribution < 1.29 is 4.79 Å². The van der Waals surface area contributed by atoms with Crippen LogP contribution in [0.2, 0.25) is 0 Å². The second-order valence-corrected chi connectivity index (χ2v) is 7.52. The average Bonchev–Trinajstić information content (AvgIpc) is 3.37. The molecule has 28 heavy (non-hydrogen) atoms. The highest BCUT2D eigenvalue weighted by Crippen LogP contribution is 2.34. The molecule has 144 valence electrons. The van der Waals surface area contributed by atoms with Crippen molar-refractivity contribution >= 4 is 11.6 Å². The van der Waals surface area contributed by atoms with Gasteiger partial charge in [-0.3, -0.25) is 9.69 Å². The van der Waals surface area contributed by atoms with Gasteiger partial charge in [-0.2, -0.15) is 0 Å². The quantitative estimate of drug-likeness (QED) is 0.694. The number of nitrogens with zero attached hydrogens (tertiary/aromatic N) is 2. The molecular weight excluding hydrogens is 346 g/mol. The predicted octanol–water partition coefficient (Wildman–Crippen LogP) is 4.86. The highest BCUT2D eigenvalue weighted by atomic mass is 16.2. The summed E-state index contributed by atoms with van der Waals surface area (Å²) in [5.74, 6) is 0.0458. The van der Waals surface area contributed by atoms with Crippen LogP contribution in [0.5, 0.6) is 0 Å². The molecule has 1 saturated heterocycles. The summed E-state index contributed by atoms with van der Waals surface area (Å²) in [6, 6.07) is 22.5. The van der Waals surface area contributed by atoms with E-state index < -0.39 is 0 Å². The molecule has 4 nitrogen and oxygen atoms in total. The molecule has 0 saturated carbocycles. The lowest BCUT2D eigenvalue weighted by atomic mass is 10.0. The molecular formula is C24H27N3O. The van der Waals surface area contributed by atoms with Gasteiger partial charge in [0.05, 0.1) is 12.1 Å². The molecule has 1 N–H and O–H groups in total. The van der Waals surface area contributed by atoms with Crippen molar-refractivity contribution in [2.75, 3.05) is 11.9 Å². The summed E-state index contributed by atoms with van der Waals surface area (Å²) in [4.78, 5) is 15.5. The van der Waals surface area contributed by atoms with E-state index in [0.717, 1.165) is 36.2 Å². The van der Waals surface area contributed by atoms with Crippen molar-refractivity contribution in [1.82, 2.24) is 9.47 Å². The zero-order valence-electron chi connectivity index (χ0n) is 16.5. The van der Waals surface area contributed by atoms with Gasteiger partial charge in [0.25, 0.3) is 0 Å². The lowest BCUT2D eigenvalue weighted by Gasteiger charge is -2.30. The Labute approximate surface area is 166 Å². The molecule has 1 aliphatic heterocycles. The lowest BCUT2D eigenvalue weighted by Crippen LogP contribution is -2.42. The first-order chi connectivity index (χ1) is 13.6. The summed E-state index contributed by atoms with van der Waals surface area (Å²) in [6.07, 6.45) is 4.29. The maximum absolute atomic E-state index is 13.1. The van der Waals surface area contributed by atoms with Gasteiger partial charge >= 0.3 is 0 Å². The molecule has 1 aromatic heterocycles. The molecule has 2 atom stereocenters. The van der Waals surface area contributed by atoms with Crippen molar-refractivity contribution in [3.63, 3.8) is 0 Å². The van der Waals surface area contributed by atoms with Gasteiger partial charge in [0.2, 0.25) is 5.91 Å². The summed E-state index contributed by atoms with van der Waals surface area (Å²) < 4.78 is 2.16. The molecule has 0 spiro atoms. The van der Waals surface area contributed by atoms with Gasteiger partial charge in [0.15, 0.2) is 0 Å². The third-order valence-electron chi connectivity index (χ3n) is 5.77. The number of aromatic nitrogens is 1. The van der Waals surface area contributed by atoms with Gasteiger partial charge in [-0.15, -0.1) is 0 Å². The smallest absolute Gasteiger partial charge is 0.241 e. The Balaban J connectivity index is 1.54. The number of hydrogen-bond donors (Lipinski definition) is 1. The van der Waals surface area contributed by atoms with Gasteiger partial charge in [-0.25, -0.2) is 0 Å². The maximum atomic E-state index is 13.1. The Morgan fingerprint density at radius 1 is 1.04 bits per heavy atom. The number of para-hydroxylation sites is 1. The van der Waals surface area contributed by atoms with Crippen LogP contribution in [-0.4, -0.2) is 28.0 Å². The minimum Gasteiger partial charge on any atom is -0.353 e. The van der Waals surface area contributed by atoms with Gasteiger partial charge in [-0.1, -0.05) is 48.5 Å². The molecule has 0 radical (unpaired) electrons. The van der Waals surface area contributed by atoms with Crippen molar-refractivity contribution in [1.29, 1.82) is 0 Å². The number of aryl methyl sites for hydroxylation is 1. The van der Waals surface area contributed by atoms with E-state index in [2.05, 4.69) is 58.4 Å². The Hall–Kier alpha value is -2.85. The van der Waals surface area contributed by atoms with Crippen LogP contribution in [0.3, 0.4) is 0 Å². The van der Waals surface area contributed by atoms with E-state index in [1.165, 1.54) is 5.69 Å². The second-order valence-electron chi connectivity index (χ2n) is 7.52. The van der Waals surface area contributed by atoms with Crippen LogP contribution in [-0.2, 0) is 11.8 Å².